The zero-order chi connectivity index (χ0) is 23.8. The van der Waals surface area contributed by atoms with Gasteiger partial charge in [-0.25, -0.2) is 26.3 Å². The minimum atomic E-state index is -3.63. The number of amidine groups is 2. The monoisotopic (exact) mass is 552 g/mol. The predicted octanol–water partition coefficient (Wildman–Crippen LogP) is 1.92. The van der Waals surface area contributed by atoms with E-state index < -0.39 is 20.0 Å². The summed E-state index contributed by atoms with van der Waals surface area (Å²) < 4.78 is 54.1. The summed E-state index contributed by atoms with van der Waals surface area (Å²) in [6, 6.07) is 11.5. The van der Waals surface area contributed by atoms with Crippen LogP contribution < -0.4 is 20.9 Å². The normalized spacial score (nSPS) is 11.2. The summed E-state index contributed by atoms with van der Waals surface area (Å²) in [5.74, 6) is -0.259. The Hall–Kier alpha value is -2.22. The minimum absolute atomic E-state index is 0. The smallest absolute Gasteiger partial charge is 0.240 e. The fraction of sp³-hybridized carbons (Fsp3) is 0.300. The van der Waals surface area contributed by atoms with Crippen LogP contribution in [0.1, 0.15) is 36.8 Å². The van der Waals surface area contributed by atoms with Crippen molar-refractivity contribution < 1.29 is 16.8 Å². The maximum Gasteiger partial charge on any atom is 0.240 e. The molecule has 0 aromatic heterocycles. The molecular weight excluding hydrogens is 523 g/mol. The topological polar surface area (TPSA) is 192 Å². The molecule has 0 bridgehead atoms. The highest BCUT2D eigenvalue weighted by atomic mass is 35.5. The first kappa shape index (κ1) is 31.8. The SMILES string of the molecule is Cl.Cl.N=C(N)c1ccc(S(=O)(=O)NCCCCCCNS(=O)(=O)c2ccc(C(=N)N)cc2)cc1. The molecule has 0 aliphatic carbocycles. The predicted molar refractivity (Wildman–Crippen MR) is 138 cm³/mol. The Labute approximate surface area is 212 Å². The van der Waals surface area contributed by atoms with Crippen molar-refractivity contribution in [1.82, 2.24) is 9.44 Å². The van der Waals surface area contributed by atoms with Gasteiger partial charge in [-0.2, -0.15) is 0 Å². The summed E-state index contributed by atoms with van der Waals surface area (Å²) in [4.78, 5) is 0.210. The van der Waals surface area contributed by atoms with Gasteiger partial charge in [0.15, 0.2) is 0 Å². The van der Waals surface area contributed by atoms with Crippen LogP contribution in [0.15, 0.2) is 58.3 Å². The van der Waals surface area contributed by atoms with E-state index in [-0.39, 0.29) is 59.4 Å². The minimum Gasteiger partial charge on any atom is -0.384 e. The molecule has 0 spiro atoms. The van der Waals surface area contributed by atoms with E-state index in [0.29, 0.717) is 24.0 Å². The third-order valence-electron chi connectivity index (χ3n) is 4.64. The van der Waals surface area contributed by atoms with Crippen molar-refractivity contribution in [1.29, 1.82) is 10.8 Å². The standard InChI is InChI=1S/C20H28N6O4S2.2ClH/c21-19(22)15-5-9-17(10-6-15)31(27,28)25-13-3-1-2-4-14-26-32(29,30)18-11-7-16(8-12-18)20(23)24;;/h5-12,25-26H,1-4,13-14H2,(H3,21,22)(H3,23,24);2*1H. The summed E-state index contributed by atoms with van der Waals surface area (Å²) in [7, 11) is -7.27. The molecule has 0 atom stereocenters. The number of halogens is 2. The Morgan fingerprint density at radius 3 is 1.18 bits per heavy atom. The number of nitrogen functional groups attached to an aromatic ring is 2. The molecule has 0 unspecified atom stereocenters. The van der Waals surface area contributed by atoms with Crippen molar-refractivity contribution in [3.8, 4) is 0 Å². The molecule has 14 heteroatoms. The molecular formula is C20H30Cl2N6O4S2. The Morgan fingerprint density at radius 2 is 0.912 bits per heavy atom. The molecule has 0 aliphatic heterocycles. The summed E-state index contributed by atoms with van der Waals surface area (Å²) in [5, 5.41) is 14.7. The van der Waals surface area contributed by atoms with E-state index >= 15 is 0 Å². The first-order chi connectivity index (χ1) is 15.0. The third kappa shape index (κ3) is 9.57. The molecule has 2 aromatic rings. The van der Waals surface area contributed by atoms with Crippen molar-refractivity contribution in [2.75, 3.05) is 13.1 Å². The van der Waals surface area contributed by atoms with Gasteiger partial charge in [0.1, 0.15) is 11.7 Å². The van der Waals surface area contributed by atoms with Crippen molar-refractivity contribution >= 4 is 56.5 Å². The molecule has 0 aliphatic rings. The van der Waals surface area contributed by atoms with E-state index in [1.54, 1.807) is 0 Å². The second kappa shape index (κ2) is 14.2. The molecule has 0 heterocycles. The highest BCUT2D eigenvalue weighted by molar-refractivity contribution is 7.89. The van der Waals surface area contributed by atoms with Crippen molar-refractivity contribution in [3.63, 3.8) is 0 Å². The van der Waals surface area contributed by atoms with Crippen LogP contribution >= 0.6 is 24.8 Å². The van der Waals surface area contributed by atoms with Gasteiger partial charge in [0.05, 0.1) is 9.79 Å². The van der Waals surface area contributed by atoms with Gasteiger partial charge in [0.25, 0.3) is 0 Å². The number of unbranched alkanes of at least 4 members (excludes halogenated alkanes) is 3. The quantitative estimate of drug-likeness (QED) is 0.125. The largest absolute Gasteiger partial charge is 0.384 e. The number of benzene rings is 2. The van der Waals surface area contributed by atoms with Gasteiger partial charge < -0.3 is 11.5 Å². The molecule has 2 aromatic carbocycles. The van der Waals surface area contributed by atoms with Gasteiger partial charge in [-0.15, -0.1) is 24.8 Å². The summed E-state index contributed by atoms with van der Waals surface area (Å²) in [6.07, 6.45) is 2.70. The molecule has 190 valence electrons. The van der Waals surface area contributed by atoms with Crippen molar-refractivity contribution in [2.45, 2.75) is 35.5 Å². The van der Waals surface area contributed by atoms with E-state index in [2.05, 4.69) is 9.44 Å². The second-order valence-electron chi connectivity index (χ2n) is 7.09. The molecule has 0 amide bonds. The van der Waals surface area contributed by atoms with E-state index in [4.69, 9.17) is 22.3 Å². The van der Waals surface area contributed by atoms with Crippen LogP contribution in [0.3, 0.4) is 0 Å². The van der Waals surface area contributed by atoms with Crippen LogP contribution in [0.2, 0.25) is 0 Å². The van der Waals surface area contributed by atoms with E-state index in [9.17, 15) is 16.8 Å². The van der Waals surface area contributed by atoms with Crippen LogP contribution in [0.4, 0.5) is 0 Å². The number of sulfonamides is 2. The van der Waals surface area contributed by atoms with Crippen LogP contribution in [0, 0.1) is 10.8 Å². The van der Waals surface area contributed by atoms with E-state index in [1.165, 1.54) is 48.5 Å². The number of nitrogens with two attached hydrogens (primary N) is 2. The number of rotatable bonds is 13. The maximum atomic E-state index is 12.3. The van der Waals surface area contributed by atoms with Gasteiger partial charge in [-0.05, 0) is 61.4 Å². The lowest BCUT2D eigenvalue weighted by atomic mass is 10.2. The molecule has 0 saturated carbocycles. The second-order valence-corrected chi connectivity index (χ2v) is 10.6. The van der Waals surface area contributed by atoms with E-state index in [0.717, 1.165) is 12.8 Å². The van der Waals surface area contributed by atoms with Crippen LogP contribution in [-0.2, 0) is 20.0 Å². The van der Waals surface area contributed by atoms with Crippen LogP contribution in [0.25, 0.3) is 0 Å². The lowest BCUT2D eigenvalue weighted by Crippen LogP contribution is -2.25. The first-order valence-corrected chi connectivity index (χ1v) is 12.9. The van der Waals surface area contributed by atoms with Crippen LogP contribution in [0.5, 0.6) is 0 Å². The Balaban J connectivity index is 0.00000544. The first-order valence-electron chi connectivity index (χ1n) is 9.91. The average Bonchev–Trinajstić information content (AvgIpc) is 2.75. The third-order valence-corrected chi connectivity index (χ3v) is 7.59. The molecule has 2 rings (SSSR count). The Bertz CT molecular complexity index is 1060. The number of hydrogen-bond donors (Lipinski definition) is 6. The lowest BCUT2D eigenvalue weighted by Gasteiger charge is -2.09. The van der Waals surface area contributed by atoms with Gasteiger partial charge in [-0.3, -0.25) is 10.8 Å². The molecule has 34 heavy (non-hydrogen) atoms. The molecule has 10 nitrogen and oxygen atoms in total. The Kier molecular flexibility index (Phi) is 13.3. The molecule has 8 N–H and O–H groups in total. The van der Waals surface area contributed by atoms with E-state index in [1.807, 2.05) is 0 Å². The Morgan fingerprint density at radius 1 is 0.618 bits per heavy atom. The fourth-order valence-corrected chi connectivity index (χ4v) is 4.96. The molecule has 0 radical (unpaired) electrons. The summed E-state index contributed by atoms with van der Waals surface area (Å²) in [5.41, 5.74) is 11.6. The fourth-order valence-electron chi connectivity index (χ4n) is 2.81. The van der Waals surface area contributed by atoms with Crippen molar-refractivity contribution in [3.05, 3.63) is 59.7 Å². The summed E-state index contributed by atoms with van der Waals surface area (Å²) >= 11 is 0. The zero-order valence-electron chi connectivity index (χ0n) is 18.3. The highest BCUT2D eigenvalue weighted by Crippen LogP contribution is 2.12. The van der Waals surface area contributed by atoms with Crippen LogP contribution in [-0.4, -0.2) is 41.6 Å². The van der Waals surface area contributed by atoms with Gasteiger partial charge in [-0.1, -0.05) is 12.8 Å². The average molecular weight is 554 g/mol. The maximum absolute atomic E-state index is 12.3. The number of hydrogen-bond acceptors (Lipinski definition) is 6. The zero-order valence-corrected chi connectivity index (χ0v) is 21.5. The molecule has 0 saturated heterocycles. The van der Waals surface area contributed by atoms with Gasteiger partial charge in [0, 0.05) is 24.2 Å². The summed E-state index contributed by atoms with van der Waals surface area (Å²) in [6.45, 7) is 0.538. The number of nitrogens with one attached hydrogen (secondary N) is 4. The van der Waals surface area contributed by atoms with Gasteiger partial charge in [0.2, 0.25) is 20.0 Å². The highest BCUT2D eigenvalue weighted by Gasteiger charge is 2.14. The van der Waals surface area contributed by atoms with Crippen molar-refractivity contribution in [2.24, 2.45) is 11.5 Å². The lowest BCUT2D eigenvalue weighted by molar-refractivity contribution is 0.562. The molecule has 0 fully saturated rings. The van der Waals surface area contributed by atoms with Gasteiger partial charge >= 0.3 is 0 Å².